The van der Waals surface area contributed by atoms with Crippen molar-refractivity contribution in [1.82, 2.24) is 0 Å². The van der Waals surface area contributed by atoms with Gasteiger partial charge in [-0.1, -0.05) is 24.3 Å². The number of amides is 1. The highest BCUT2D eigenvalue weighted by Crippen LogP contribution is 2.15. The summed E-state index contributed by atoms with van der Waals surface area (Å²) >= 11 is 0. The second-order valence-corrected chi connectivity index (χ2v) is 7.29. The molecule has 0 radical (unpaired) electrons. The van der Waals surface area contributed by atoms with E-state index in [-0.39, 0.29) is 22.6 Å². The van der Waals surface area contributed by atoms with Crippen molar-refractivity contribution >= 4 is 27.4 Å². The number of hydrogen-bond acceptors (Lipinski definition) is 5. The lowest BCUT2D eigenvalue weighted by atomic mass is 10.1. The van der Waals surface area contributed by atoms with E-state index in [1.54, 1.807) is 6.07 Å². The number of esters is 1. The van der Waals surface area contributed by atoms with Gasteiger partial charge in [-0.25, -0.2) is 12.8 Å². The molecule has 0 atom stereocenters. The molecule has 2 aromatic rings. The molecular weight excluding hydrogens is 349 g/mol. The first-order chi connectivity index (χ1) is 11.8. The van der Waals surface area contributed by atoms with Gasteiger partial charge in [-0.2, -0.15) is 0 Å². The molecule has 0 saturated carbocycles. The Morgan fingerprint density at radius 1 is 1.12 bits per heavy atom. The molecule has 25 heavy (non-hydrogen) atoms. The summed E-state index contributed by atoms with van der Waals surface area (Å²) in [7, 11) is -3.40. The van der Waals surface area contributed by atoms with Gasteiger partial charge in [0, 0.05) is 11.9 Å². The van der Waals surface area contributed by atoms with Crippen LogP contribution in [0.2, 0.25) is 0 Å². The molecule has 1 N–H and O–H groups in total. The zero-order valence-corrected chi connectivity index (χ0v) is 14.2. The van der Waals surface area contributed by atoms with Gasteiger partial charge in [0.15, 0.2) is 16.4 Å². The Balaban J connectivity index is 1.89. The van der Waals surface area contributed by atoms with Crippen LogP contribution in [0.3, 0.4) is 0 Å². The highest BCUT2D eigenvalue weighted by Gasteiger charge is 2.12. The Hall–Kier alpha value is -2.74. The molecule has 2 rings (SSSR count). The first-order valence-corrected chi connectivity index (χ1v) is 9.14. The molecule has 0 spiro atoms. The summed E-state index contributed by atoms with van der Waals surface area (Å²) in [4.78, 5) is 23.5. The van der Waals surface area contributed by atoms with Crippen LogP contribution in [0.4, 0.5) is 10.1 Å². The topological polar surface area (TPSA) is 89.5 Å². The number of benzene rings is 2. The lowest BCUT2D eigenvalue weighted by Crippen LogP contribution is -2.22. The summed E-state index contributed by atoms with van der Waals surface area (Å²) < 4.78 is 41.2. The van der Waals surface area contributed by atoms with E-state index in [2.05, 4.69) is 5.32 Å². The molecule has 0 aliphatic rings. The van der Waals surface area contributed by atoms with Gasteiger partial charge in [0.1, 0.15) is 5.82 Å². The number of ether oxygens (including phenoxy) is 1. The minimum Gasteiger partial charge on any atom is -0.455 e. The SMILES string of the molecule is CS(=O)(=O)c1cccc(NC(=O)COC(=O)Cc2ccccc2F)c1. The Morgan fingerprint density at radius 3 is 2.52 bits per heavy atom. The summed E-state index contributed by atoms with van der Waals surface area (Å²) in [5, 5.41) is 2.43. The lowest BCUT2D eigenvalue weighted by Gasteiger charge is -2.08. The average Bonchev–Trinajstić information content (AvgIpc) is 2.55. The number of rotatable bonds is 6. The minimum absolute atomic E-state index is 0.0573. The van der Waals surface area contributed by atoms with Crippen LogP contribution in [-0.2, 0) is 30.6 Å². The van der Waals surface area contributed by atoms with Crippen LogP contribution in [0.5, 0.6) is 0 Å². The zero-order chi connectivity index (χ0) is 18.4. The highest BCUT2D eigenvalue weighted by molar-refractivity contribution is 7.90. The molecule has 0 bridgehead atoms. The first-order valence-electron chi connectivity index (χ1n) is 7.25. The summed E-state index contributed by atoms with van der Waals surface area (Å²) in [6.45, 7) is -0.559. The van der Waals surface area contributed by atoms with E-state index in [0.29, 0.717) is 0 Å². The van der Waals surface area contributed by atoms with Crippen LogP contribution in [0, 0.1) is 5.82 Å². The predicted molar refractivity (Wildman–Crippen MR) is 89.2 cm³/mol. The number of hydrogen-bond donors (Lipinski definition) is 1. The molecule has 0 aliphatic heterocycles. The third-order valence-corrected chi connectivity index (χ3v) is 4.31. The Kier molecular flexibility index (Phi) is 5.87. The molecule has 0 unspecified atom stereocenters. The van der Waals surface area contributed by atoms with Crippen molar-refractivity contribution in [2.45, 2.75) is 11.3 Å². The van der Waals surface area contributed by atoms with E-state index in [4.69, 9.17) is 4.74 Å². The van der Waals surface area contributed by atoms with Crippen molar-refractivity contribution in [3.63, 3.8) is 0 Å². The van der Waals surface area contributed by atoms with Crippen molar-refractivity contribution < 1.29 is 27.1 Å². The number of carbonyl (C=O) groups is 2. The Morgan fingerprint density at radius 2 is 1.84 bits per heavy atom. The zero-order valence-electron chi connectivity index (χ0n) is 13.4. The van der Waals surface area contributed by atoms with Crippen LogP contribution in [0.1, 0.15) is 5.56 Å². The summed E-state index contributed by atoms with van der Waals surface area (Å²) in [5.41, 5.74) is 0.437. The summed E-state index contributed by atoms with van der Waals surface area (Å²) in [5.74, 6) is -1.90. The predicted octanol–water partition coefficient (Wildman–Crippen LogP) is 1.95. The standard InChI is InChI=1S/C17H16FNO5S/c1-25(22,23)14-7-4-6-13(10-14)19-16(20)11-24-17(21)9-12-5-2-3-8-15(12)18/h2-8,10H,9,11H2,1H3,(H,19,20). The van der Waals surface area contributed by atoms with E-state index < -0.39 is 34.1 Å². The van der Waals surface area contributed by atoms with Crippen LogP contribution < -0.4 is 5.32 Å². The normalized spacial score (nSPS) is 11.0. The molecule has 0 heterocycles. The molecule has 0 saturated heterocycles. The molecule has 8 heteroatoms. The van der Waals surface area contributed by atoms with Gasteiger partial charge in [-0.3, -0.25) is 9.59 Å². The fourth-order valence-corrected chi connectivity index (χ4v) is 2.66. The van der Waals surface area contributed by atoms with Crippen LogP contribution in [0.25, 0.3) is 0 Å². The van der Waals surface area contributed by atoms with Crippen LogP contribution in [-0.4, -0.2) is 33.2 Å². The molecule has 0 fully saturated rings. The average molecular weight is 365 g/mol. The summed E-state index contributed by atoms with van der Waals surface area (Å²) in [6.07, 6.45) is 0.766. The third-order valence-electron chi connectivity index (χ3n) is 3.20. The molecular formula is C17H16FNO5S. The molecule has 1 amide bonds. The van der Waals surface area contributed by atoms with Crippen molar-refractivity contribution in [2.75, 3.05) is 18.2 Å². The van der Waals surface area contributed by atoms with Gasteiger partial charge in [0.05, 0.1) is 11.3 Å². The van der Waals surface area contributed by atoms with E-state index in [0.717, 1.165) is 6.26 Å². The van der Waals surface area contributed by atoms with Crippen LogP contribution >= 0.6 is 0 Å². The van der Waals surface area contributed by atoms with Gasteiger partial charge in [-0.05, 0) is 29.8 Å². The number of nitrogens with one attached hydrogen (secondary N) is 1. The van der Waals surface area contributed by atoms with E-state index in [9.17, 15) is 22.4 Å². The smallest absolute Gasteiger partial charge is 0.310 e. The molecule has 2 aromatic carbocycles. The summed E-state index contributed by atoms with van der Waals surface area (Å²) in [6, 6.07) is 11.5. The van der Waals surface area contributed by atoms with Crippen molar-refractivity contribution in [2.24, 2.45) is 0 Å². The molecule has 6 nitrogen and oxygen atoms in total. The number of anilines is 1. The minimum atomic E-state index is -3.40. The maximum atomic E-state index is 13.4. The van der Waals surface area contributed by atoms with Crippen molar-refractivity contribution in [3.8, 4) is 0 Å². The Labute approximate surface area is 144 Å². The van der Waals surface area contributed by atoms with Gasteiger partial charge < -0.3 is 10.1 Å². The Bertz CT molecular complexity index is 895. The first kappa shape index (κ1) is 18.6. The maximum absolute atomic E-state index is 13.4. The molecule has 0 aliphatic carbocycles. The van der Waals surface area contributed by atoms with Crippen LogP contribution in [0.15, 0.2) is 53.4 Å². The van der Waals surface area contributed by atoms with Gasteiger partial charge in [0.25, 0.3) is 5.91 Å². The maximum Gasteiger partial charge on any atom is 0.310 e. The quantitative estimate of drug-likeness (QED) is 0.791. The number of carbonyl (C=O) groups excluding carboxylic acids is 2. The fourth-order valence-electron chi connectivity index (χ4n) is 2.00. The molecule has 132 valence electrons. The van der Waals surface area contributed by atoms with Crippen molar-refractivity contribution in [1.29, 1.82) is 0 Å². The highest BCUT2D eigenvalue weighted by atomic mass is 32.2. The van der Waals surface area contributed by atoms with E-state index >= 15 is 0 Å². The van der Waals surface area contributed by atoms with E-state index in [1.165, 1.54) is 42.5 Å². The second-order valence-electron chi connectivity index (χ2n) is 5.28. The number of halogens is 1. The lowest BCUT2D eigenvalue weighted by molar-refractivity contribution is -0.146. The monoisotopic (exact) mass is 365 g/mol. The largest absolute Gasteiger partial charge is 0.455 e. The van der Waals surface area contributed by atoms with E-state index in [1.807, 2.05) is 0 Å². The van der Waals surface area contributed by atoms with Gasteiger partial charge in [0.2, 0.25) is 0 Å². The van der Waals surface area contributed by atoms with Crippen molar-refractivity contribution in [3.05, 3.63) is 59.9 Å². The van der Waals surface area contributed by atoms with Gasteiger partial charge in [-0.15, -0.1) is 0 Å². The number of sulfone groups is 1. The fraction of sp³-hybridized carbons (Fsp3) is 0.176. The molecule has 0 aromatic heterocycles. The third kappa shape index (κ3) is 5.68. The second kappa shape index (κ2) is 7.89. The van der Waals surface area contributed by atoms with Gasteiger partial charge >= 0.3 is 5.97 Å².